The number of hydrogen-bond acceptors (Lipinski definition) is 4. The third-order valence-electron chi connectivity index (χ3n) is 5.28. The van der Waals surface area contributed by atoms with Crippen LogP contribution in [0.1, 0.15) is 42.0 Å². The molecule has 3 aromatic rings. The number of amides is 1. The Balaban J connectivity index is 1.91. The highest BCUT2D eigenvalue weighted by Crippen LogP contribution is 2.42. The Morgan fingerprint density at radius 1 is 1.16 bits per heavy atom. The van der Waals surface area contributed by atoms with Crippen LogP contribution in [-0.4, -0.2) is 29.0 Å². The minimum atomic E-state index is -4.66. The highest BCUT2D eigenvalue weighted by molar-refractivity contribution is 6.30. The number of benzene rings is 2. The van der Waals surface area contributed by atoms with Crippen LogP contribution >= 0.6 is 11.6 Å². The summed E-state index contributed by atoms with van der Waals surface area (Å²) >= 11 is 6.03. The van der Waals surface area contributed by atoms with Crippen molar-refractivity contribution >= 4 is 23.2 Å². The smallest absolute Gasteiger partial charge is 0.358 e. The molecule has 1 aromatic heterocycles. The summed E-state index contributed by atoms with van der Waals surface area (Å²) in [6.07, 6.45) is -5.19. The van der Waals surface area contributed by atoms with Crippen molar-refractivity contribution in [3.63, 3.8) is 0 Å². The fourth-order valence-electron chi connectivity index (χ4n) is 3.87. The van der Waals surface area contributed by atoms with Crippen LogP contribution in [0, 0.1) is 6.92 Å². The molecule has 1 aliphatic rings. The molecule has 0 saturated carbocycles. The van der Waals surface area contributed by atoms with E-state index in [4.69, 9.17) is 21.1 Å². The summed E-state index contributed by atoms with van der Waals surface area (Å²) in [4.78, 5) is 16.2. The second-order valence-corrected chi connectivity index (χ2v) is 8.02. The van der Waals surface area contributed by atoms with E-state index in [-0.39, 0.29) is 5.76 Å². The highest BCUT2D eigenvalue weighted by atomic mass is 35.5. The maximum Gasteiger partial charge on any atom is 0.408 e. The first-order valence-electron chi connectivity index (χ1n) is 9.88. The summed E-state index contributed by atoms with van der Waals surface area (Å²) in [6.45, 7) is 2.78. The first-order chi connectivity index (χ1) is 15.1. The molecule has 0 bridgehead atoms. The lowest BCUT2D eigenvalue weighted by Crippen LogP contribution is -2.45. The third kappa shape index (κ3) is 4.27. The van der Waals surface area contributed by atoms with Crippen molar-refractivity contribution in [2.75, 3.05) is 0 Å². The summed E-state index contributed by atoms with van der Waals surface area (Å²) < 4.78 is 46.7. The molecule has 2 aromatic carbocycles. The van der Waals surface area contributed by atoms with Gasteiger partial charge < -0.3 is 9.84 Å². The van der Waals surface area contributed by atoms with Gasteiger partial charge in [0.05, 0.1) is 17.0 Å². The molecule has 4 rings (SSSR count). The van der Waals surface area contributed by atoms with Crippen molar-refractivity contribution in [1.29, 1.82) is 0 Å². The second kappa shape index (κ2) is 8.43. The maximum atomic E-state index is 13.7. The minimum absolute atomic E-state index is 0.235. The Labute approximate surface area is 187 Å². The van der Waals surface area contributed by atoms with Gasteiger partial charge in [0.2, 0.25) is 5.91 Å². The Kier molecular flexibility index (Phi) is 5.81. The molecule has 166 valence electrons. The van der Waals surface area contributed by atoms with Crippen molar-refractivity contribution < 1.29 is 22.5 Å². The van der Waals surface area contributed by atoms with Gasteiger partial charge in [0, 0.05) is 29.5 Å². The lowest BCUT2D eigenvalue weighted by molar-refractivity contribution is -0.163. The van der Waals surface area contributed by atoms with Crippen molar-refractivity contribution in [3.05, 3.63) is 76.1 Å². The lowest BCUT2D eigenvalue weighted by atomic mass is 9.92. The lowest BCUT2D eigenvalue weighted by Gasteiger charge is -2.23. The van der Waals surface area contributed by atoms with Crippen LogP contribution in [-0.2, 0) is 4.79 Å². The molecular weight excluding hydrogens is 443 g/mol. The average molecular weight is 462 g/mol. The van der Waals surface area contributed by atoms with E-state index in [2.05, 4.69) is 5.16 Å². The number of carbonyl (C=O) groups is 1. The summed E-state index contributed by atoms with van der Waals surface area (Å²) in [6, 6.07) is 11.2. The van der Waals surface area contributed by atoms with Gasteiger partial charge in [0.1, 0.15) is 12.1 Å². The number of hydrogen-bond donors (Lipinski definition) is 1. The summed E-state index contributed by atoms with van der Waals surface area (Å²) in [5, 5.41) is 6.52. The van der Waals surface area contributed by atoms with Crippen molar-refractivity contribution in [2.24, 2.45) is 4.99 Å². The SMILES string of the molecule is CC(=O)N[C@H](C[C@@H]1N=C(c2ccc(Cl)cc2)c2ccccc2-c2c(C)noc21)C(F)(F)F. The molecule has 0 radical (unpaired) electrons. The van der Waals surface area contributed by atoms with E-state index in [1.165, 1.54) is 0 Å². The summed E-state index contributed by atoms with van der Waals surface area (Å²) in [7, 11) is 0. The van der Waals surface area contributed by atoms with Crippen LogP contribution in [0.25, 0.3) is 11.1 Å². The number of fused-ring (bicyclic) bond motifs is 3. The first-order valence-corrected chi connectivity index (χ1v) is 10.3. The summed E-state index contributed by atoms with van der Waals surface area (Å²) in [5.41, 5.74) is 3.88. The Bertz CT molecular complexity index is 1190. The van der Waals surface area contributed by atoms with E-state index in [1.807, 2.05) is 29.6 Å². The maximum absolute atomic E-state index is 13.7. The quantitative estimate of drug-likeness (QED) is 0.545. The minimum Gasteiger partial charge on any atom is -0.358 e. The molecule has 9 heteroatoms. The van der Waals surface area contributed by atoms with Crippen LogP contribution in [0.5, 0.6) is 0 Å². The van der Waals surface area contributed by atoms with E-state index in [0.717, 1.165) is 18.1 Å². The summed E-state index contributed by atoms with van der Waals surface area (Å²) in [5.74, 6) is -0.543. The molecule has 2 heterocycles. The second-order valence-electron chi connectivity index (χ2n) is 7.58. The van der Waals surface area contributed by atoms with Gasteiger partial charge in [-0.25, -0.2) is 0 Å². The van der Waals surface area contributed by atoms with Crippen LogP contribution in [0.15, 0.2) is 58.0 Å². The fourth-order valence-corrected chi connectivity index (χ4v) is 4.00. The number of nitrogens with zero attached hydrogens (tertiary/aromatic N) is 2. The van der Waals surface area contributed by atoms with Gasteiger partial charge in [-0.1, -0.05) is 53.2 Å². The van der Waals surface area contributed by atoms with Gasteiger partial charge in [0.25, 0.3) is 0 Å². The molecule has 0 aliphatic carbocycles. The first kappa shape index (κ1) is 22.1. The fraction of sp³-hybridized carbons (Fsp3) is 0.261. The predicted molar refractivity (Wildman–Crippen MR) is 115 cm³/mol. The predicted octanol–water partition coefficient (Wildman–Crippen LogP) is 5.65. The largest absolute Gasteiger partial charge is 0.408 e. The van der Waals surface area contributed by atoms with Gasteiger partial charge in [-0.15, -0.1) is 0 Å². The van der Waals surface area contributed by atoms with Gasteiger partial charge in [-0.3, -0.25) is 9.79 Å². The van der Waals surface area contributed by atoms with Gasteiger partial charge >= 0.3 is 6.18 Å². The molecule has 0 fully saturated rings. The monoisotopic (exact) mass is 461 g/mol. The molecular formula is C23H19ClF3N3O2. The Morgan fingerprint density at radius 2 is 1.81 bits per heavy atom. The highest BCUT2D eigenvalue weighted by Gasteiger charge is 2.43. The molecule has 1 N–H and O–H groups in total. The molecule has 1 aliphatic heterocycles. The van der Waals surface area contributed by atoms with E-state index < -0.39 is 30.6 Å². The van der Waals surface area contributed by atoms with Crippen molar-refractivity contribution in [2.45, 2.75) is 38.5 Å². The molecule has 0 saturated heterocycles. The average Bonchev–Trinajstić information content (AvgIpc) is 3.04. The standard InChI is InChI=1S/C23H19ClF3N3O2/c1-12-20-16-5-3-4-6-17(16)21(14-7-9-15(24)10-8-14)29-18(22(20)32-30-12)11-19(23(25,26)27)28-13(2)31/h3-10,18-19H,11H2,1-2H3,(H,28,31)/t18-,19+/m0/s1. The molecule has 0 spiro atoms. The third-order valence-corrected chi connectivity index (χ3v) is 5.53. The Hall–Kier alpha value is -3.13. The number of alkyl halides is 3. The molecule has 5 nitrogen and oxygen atoms in total. The zero-order chi connectivity index (χ0) is 23.0. The topological polar surface area (TPSA) is 67.5 Å². The number of carbonyl (C=O) groups excluding carboxylic acids is 1. The van der Waals surface area contributed by atoms with Gasteiger partial charge in [-0.2, -0.15) is 13.2 Å². The van der Waals surface area contributed by atoms with Gasteiger partial charge in [0.15, 0.2) is 5.76 Å². The van der Waals surface area contributed by atoms with Crippen LogP contribution < -0.4 is 5.32 Å². The van der Waals surface area contributed by atoms with Crippen LogP contribution in [0.3, 0.4) is 0 Å². The number of nitrogens with one attached hydrogen (secondary N) is 1. The normalized spacial score (nSPS) is 16.4. The number of aromatic nitrogens is 1. The number of halogens is 4. The van der Waals surface area contributed by atoms with Crippen molar-refractivity contribution in [3.8, 4) is 11.1 Å². The van der Waals surface area contributed by atoms with Crippen LogP contribution in [0.4, 0.5) is 13.2 Å². The number of aryl methyl sites for hydroxylation is 1. The molecule has 2 atom stereocenters. The molecule has 32 heavy (non-hydrogen) atoms. The molecule has 1 amide bonds. The molecule has 0 unspecified atom stereocenters. The zero-order valence-electron chi connectivity index (χ0n) is 17.2. The van der Waals surface area contributed by atoms with E-state index >= 15 is 0 Å². The number of rotatable bonds is 4. The van der Waals surface area contributed by atoms with Gasteiger partial charge in [-0.05, 0) is 24.6 Å². The zero-order valence-corrected chi connectivity index (χ0v) is 18.0. The van der Waals surface area contributed by atoms with E-state index in [1.54, 1.807) is 31.2 Å². The van der Waals surface area contributed by atoms with Crippen molar-refractivity contribution in [1.82, 2.24) is 10.5 Å². The number of aliphatic imine (C=N–C) groups is 1. The Morgan fingerprint density at radius 3 is 2.44 bits per heavy atom. The van der Waals surface area contributed by atoms with E-state index in [0.29, 0.717) is 27.6 Å². The van der Waals surface area contributed by atoms with Crippen LogP contribution in [0.2, 0.25) is 5.02 Å². The van der Waals surface area contributed by atoms with E-state index in [9.17, 15) is 18.0 Å².